The molecule has 2 fully saturated rings. The number of piperazine rings is 1. The fourth-order valence-corrected chi connectivity index (χ4v) is 8.95. The highest BCUT2D eigenvalue weighted by molar-refractivity contribution is 7.93. The first-order valence-electron chi connectivity index (χ1n) is 16.8. The Kier molecular flexibility index (Phi) is 9.92. The van der Waals surface area contributed by atoms with Gasteiger partial charge in [0.2, 0.25) is 11.8 Å². The van der Waals surface area contributed by atoms with E-state index in [4.69, 9.17) is 9.47 Å². The van der Waals surface area contributed by atoms with Crippen molar-refractivity contribution in [3.63, 3.8) is 0 Å². The quantitative estimate of drug-likeness (QED) is 0.312. The number of benzene rings is 2. The molecule has 258 valence electrons. The minimum absolute atomic E-state index is 0.0569. The zero-order chi connectivity index (χ0) is 34.8. The highest BCUT2D eigenvalue weighted by atomic mass is 32.2. The molecule has 49 heavy (non-hydrogen) atoms. The monoisotopic (exact) mass is 686 g/mol. The third-order valence-electron chi connectivity index (χ3n) is 9.82. The van der Waals surface area contributed by atoms with E-state index in [0.717, 1.165) is 30.2 Å². The summed E-state index contributed by atoms with van der Waals surface area (Å²) in [4.78, 5) is 40.4. The van der Waals surface area contributed by atoms with E-state index in [1.54, 1.807) is 43.0 Å². The van der Waals surface area contributed by atoms with Crippen molar-refractivity contribution in [1.82, 2.24) is 19.7 Å². The summed E-state index contributed by atoms with van der Waals surface area (Å²) in [6, 6.07) is 16.4. The van der Waals surface area contributed by atoms with Crippen molar-refractivity contribution in [3.05, 3.63) is 77.5 Å². The number of carbonyl (C=O) groups is 2. The van der Waals surface area contributed by atoms with Crippen LogP contribution in [0, 0.1) is 11.3 Å². The maximum atomic E-state index is 15.2. The average molecular weight is 687 g/mol. The number of rotatable bonds is 10. The van der Waals surface area contributed by atoms with Gasteiger partial charge in [0.25, 0.3) is 15.9 Å². The molecule has 4 heterocycles. The van der Waals surface area contributed by atoms with Crippen LogP contribution in [0.5, 0.6) is 11.6 Å². The normalized spacial score (nSPS) is 20.6. The van der Waals surface area contributed by atoms with Crippen LogP contribution >= 0.6 is 0 Å². The highest BCUT2D eigenvalue weighted by Crippen LogP contribution is 2.53. The summed E-state index contributed by atoms with van der Waals surface area (Å²) in [6.45, 7) is 8.41. The Bertz CT molecular complexity index is 1860. The Labute approximate surface area is 287 Å². The molecule has 1 unspecified atom stereocenters. The van der Waals surface area contributed by atoms with Crippen LogP contribution in [-0.4, -0.2) is 105 Å². The van der Waals surface area contributed by atoms with E-state index in [9.17, 15) is 18.5 Å². The molecule has 0 bridgehead atoms. The number of carbonyl (C=O) groups excluding carboxylic acids is 2. The number of piperidine rings is 1. The number of para-hydroxylation sites is 1. The molecule has 1 atom stereocenters. The van der Waals surface area contributed by atoms with Gasteiger partial charge in [0, 0.05) is 50.4 Å². The third-order valence-corrected chi connectivity index (χ3v) is 11.6. The lowest BCUT2D eigenvalue weighted by atomic mass is 9.72. The first-order valence-corrected chi connectivity index (χ1v) is 18.2. The number of hydrogen-bond donors (Lipinski definition) is 0. The van der Waals surface area contributed by atoms with E-state index in [1.807, 2.05) is 0 Å². The summed E-state index contributed by atoms with van der Waals surface area (Å²) >= 11 is 0. The molecule has 6 rings (SSSR count). The fourth-order valence-electron chi connectivity index (χ4n) is 7.33. The summed E-state index contributed by atoms with van der Waals surface area (Å²) in [5.74, 6) is -0.943. The van der Waals surface area contributed by atoms with Gasteiger partial charge in [-0.15, -0.1) is 0 Å². The molecular formula is C36H42N6O6S. The van der Waals surface area contributed by atoms with Gasteiger partial charge >= 0.3 is 0 Å². The molecule has 0 aliphatic carbocycles. The topological polar surface area (TPSA) is 136 Å². The maximum Gasteiger partial charge on any atom is 0.274 e. The summed E-state index contributed by atoms with van der Waals surface area (Å²) < 4.78 is 41.5. The predicted molar refractivity (Wildman–Crippen MR) is 183 cm³/mol. The number of fused-ring (bicyclic) bond motifs is 1. The van der Waals surface area contributed by atoms with Gasteiger partial charge in [-0.05, 0) is 88.8 Å². The Morgan fingerprint density at radius 3 is 2.37 bits per heavy atom. The molecule has 0 N–H and O–H groups in total. The van der Waals surface area contributed by atoms with Gasteiger partial charge in [0.15, 0.2) is 0 Å². The van der Waals surface area contributed by atoms with E-state index in [0.29, 0.717) is 32.2 Å². The van der Waals surface area contributed by atoms with Gasteiger partial charge in [0.1, 0.15) is 16.1 Å². The van der Waals surface area contributed by atoms with Crippen molar-refractivity contribution in [3.8, 4) is 17.7 Å². The van der Waals surface area contributed by atoms with E-state index in [1.165, 1.54) is 36.5 Å². The number of anilines is 1. The second-order valence-electron chi connectivity index (χ2n) is 12.6. The second-order valence-corrected chi connectivity index (χ2v) is 14.4. The summed E-state index contributed by atoms with van der Waals surface area (Å²) in [6.07, 6.45) is 3.30. The molecule has 0 spiro atoms. The van der Waals surface area contributed by atoms with E-state index in [2.05, 4.69) is 27.9 Å². The Hall–Kier alpha value is -4.51. The van der Waals surface area contributed by atoms with Crippen LogP contribution in [-0.2, 0) is 25.0 Å². The molecule has 3 aliphatic heterocycles. The molecule has 0 radical (unpaired) electrons. The molecule has 1 aromatic heterocycles. The lowest BCUT2D eigenvalue weighted by Gasteiger charge is -2.42. The molecule has 3 aromatic rings. The maximum absolute atomic E-state index is 15.2. The molecule has 0 saturated carbocycles. The number of ether oxygens (including phenoxy) is 2. The van der Waals surface area contributed by atoms with Crippen LogP contribution in [0.3, 0.4) is 0 Å². The van der Waals surface area contributed by atoms with E-state index < -0.39 is 21.3 Å². The molecule has 12 nitrogen and oxygen atoms in total. The van der Waals surface area contributed by atoms with Crippen LogP contribution in [0.4, 0.5) is 5.69 Å². The van der Waals surface area contributed by atoms with Crippen LogP contribution in [0.15, 0.2) is 65.7 Å². The lowest BCUT2D eigenvalue weighted by Crippen LogP contribution is -2.55. The molecule has 2 aromatic carbocycles. The largest absolute Gasteiger partial charge is 0.492 e. The number of nitriles is 1. The van der Waals surface area contributed by atoms with Crippen molar-refractivity contribution in [1.29, 1.82) is 5.26 Å². The number of hydrogen-bond acceptors (Lipinski definition) is 10. The van der Waals surface area contributed by atoms with Crippen LogP contribution in [0.2, 0.25) is 0 Å². The molecule has 3 aliphatic rings. The lowest BCUT2D eigenvalue weighted by molar-refractivity contribution is -0.137. The van der Waals surface area contributed by atoms with E-state index >= 15 is 4.79 Å². The Morgan fingerprint density at radius 1 is 0.959 bits per heavy atom. The van der Waals surface area contributed by atoms with Crippen molar-refractivity contribution >= 4 is 27.5 Å². The summed E-state index contributed by atoms with van der Waals surface area (Å²) in [7, 11) is -2.45. The van der Waals surface area contributed by atoms with Gasteiger partial charge in [0.05, 0.1) is 30.5 Å². The zero-order valence-corrected chi connectivity index (χ0v) is 29.0. The number of amides is 2. The zero-order valence-electron chi connectivity index (χ0n) is 28.2. The van der Waals surface area contributed by atoms with Crippen molar-refractivity contribution < 1.29 is 27.5 Å². The molecule has 2 amide bonds. The van der Waals surface area contributed by atoms with E-state index in [-0.39, 0.29) is 64.4 Å². The average Bonchev–Trinajstić information content (AvgIpc) is 3.36. The minimum Gasteiger partial charge on any atom is -0.492 e. The Morgan fingerprint density at radius 2 is 1.67 bits per heavy atom. The minimum atomic E-state index is -4.58. The van der Waals surface area contributed by atoms with Crippen LogP contribution in [0.25, 0.3) is 0 Å². The molecule has 2 saturated heterocycles. The van der Waals surface area contributed by atoms with Gasteiger partial charge in [-0.3, -0.25) is 14.5 Å². The van der Waals surface area contributed by atoms with Crippen LogP contribution in [0.1, 0.15) is 49.8 Å². The number of likely N-dealkylation sites (tertiary alicyclic amines) is 1. The van der Waals surface area contributed by atoms with Crippen molar-refractivity contribution in [2.24, 2.45) is 0 Å². The van der Waals surface area contributed by atoms with Crippen molar-refractivity contribution in [2.45, 2.75) is 49.5 Å². The van der Waals surface area contributed by atoms with Gasteiger partial charge in [-0.2, -0.15) is 5.26 Å². The van der Waals surface area contributed by atoms with Gasteiger partial charge in [-0.25, -0.2) is 17.7 Å². The molecular weight excluding hydrogens is 644 g/mol. The van der Waals surface area contributed by atoms with Gasteiger partial charge in [-0.1, -0.05) is 18.2 Å². The first-order chi connectivity index (χ1) is 23.6. The first kappa shape index (κ1) is 34.4. The fraction of sp³-hybridized carbons (Fsp3) is 0.444. The summed E-state index contributed by atoms with van der Waals surface area (Å²) in [5, 5.41) is 9.94. The predicted octanol–water partition coefficient (Wildman–Crippen LogP) is 3.40. The van der Waals surface area contributed by atoms with Gasteiger partial charge < -0.3 is 19.3 Å². The SMILES string of the molecule is CCOc1ccccc1S(=O)(=O)N1C(=O)C(CC(=O)N2CCN(C3CCN(C)CC3)CC2)(c2cccnc2OCC)c2cc(C#N)ccc21. The number of pyridine rings is 1. The number of nitrogens with zero attached hydrogens (tertiary/aromatic N) is 6. The number of sulfonamides is 1. The third kappa shape index (κ3) is 6.24. The van der Waals surface area contributed by atoms with Crippen molar-refractivity contribution in [2.75, 3.05) is 63.8 Å². The Balaban J connectivity index is 1.45. The number of aromatic nitrogens is 1. The standard InChI is InChI=1S/C36H42N6O6S/c1-4-47-31-10-6-7-11-32(31)49(45,46)42-30-13-12-26(25-37)23-29(30)36(35(42)44,28-9-8-16-38-34(28)48-5-2)24-33(43)41-21-19-40(20-22-41)27-14-17-39(3)18-15-27/h6-13,16,23,27H,4-5,14-15,17-22,24H2,1-3H3. The summed E-state index contributed by atoms with van der Waals surface area (Å²) in [5.41, 5.74) is -1.11. The highest BCUT2D eigenvalue weighted by Gasteiger charge is 2.59. The molecule has 13 heteroatoms. The smallest absolute Gasteiger partial charge is 0.274 e. The van der Waals surface area contributed by atoms with Crippen LogP contribution < -0.4 is 13.8 Å². The second kappa shape index (κ2) is 14.2.